The van der Waals surface area contributed by atoms with Crippen LogP contribution in [0.1, 0.15) is 10.4 Å². The van der Waals surface area contributed by atoms with E-state index in [0.717, 1.165) is 0 Å². The van der Waals surface area contributed by atoms with Crippen LogP contribution in [0.5, 0.6) is 5.75 Å². The number of benzene rings is 1. The Labute approximate surface area is 79.0 Å². The number of phosphoric acid groups is 1. The Morgan fingerprint density at radius 2 is 1.71 bits per heavy atom. The third kappa shape index (κ3) is 3.18. The van der Waals surface area contributed by atoms with Gasteiger partial charge in [-0.05, 0) is 24.3 Å². The molecule has 0 aliphatic heterocycles. The fraction of sp³-hybridized carbons (Fsp3) is 0. The Bertz CT molecular complexity index is 378. The molecule has 0 radical (unpaired) electrons. The molecule has 1 aromatic rings. The van der Waals surface area contributed by atoms with E-state index in [-0.39, 0.29) is 11.3 Å². The number of carbonyl (C=O) groups is 1. The second-order valence-electron chi connectivity index (χ2n) is 2.41. The van der Waals surface area contributed by atoms with Crippen LogP contribution in [-0.4, -0.2) is 20.9 Å². The highest BCUT2D eigenvalue weighted by Crippen LogP contribution is 2.37. The summed E-state index contributed by atoms with van der Waals surface area (Å²) in [5.74, 6) is -1.20. The molecule has 7 heteroatoms. The maximum atomic E-state index is 10.4. The molecule has 0 fully saturated rings. The van der Waals surface area contributed by atoms with Crippen LogP contribution >= 0.6 is 7.82 Å². The van der Waals surface area contributed by atoms with E-state index in [9.17, 15) is 9.36 Å². The Morgan fingerprint density at radius 1 is 1.21 bits per heavy atom. The summed E-state index contributed by atoms with van der Waals surface area (Å²) >= 11 is 0. The van der Waals surface area contributed by atoms with Crippen molar-refractivity contribution >= 4 is 13.8 Å². The fourth-order valence-electron chi connectivity index (χ4n) is 0.796. The first kappa shape index (κ1) is 10.7. The number of carboxylic acid groups (broad SMARTS) is 1. The number of carboxylic acids is 1. The highest BCUT2D eigenvalue weighted by atomic mass is 31.2. The monoisotopic (exact) mass is 218 g/mol. The van der Waals surface area contributed by atoms with Gasteiger partial charge in [0.1, 0.15) is 5.75 Å². The molecule has 1 rings (SSSR count). The Morgan fingerprint density at radius 3 is 2.07 bits per heavy atom. The summed E-state index contributed by atoms with van der Waals surface area (Å²) in [6.07, 6.45) is 0. The third-order valence-corrected chi connectivity index (χ3v) is 1.77. The Balaban J connectivity index is 2.84. The molecule has 0 atom stereocenters. The number of aromatic carboxylic acids is 1. The van der Waals surface area contributed by atoms with Gasteiger partial charge in [0.25, 0.3) is 0 Å². The number of hydrogen-bond acceptors (Lipinski definition) is 3. The summed E-state index contributed by atoms with van der Waals surface area (Å²) in [6, 6.07) is 4.71. The van der Waals surface area contributed by atoms with Gasteiger partial charge in [-0.25, -0.2) is 9.36 Å². The fourth-order valence-corrected chi connectivity index (χ4v) is 1.19. The van der Waals surface area contributed by atoms with Crippen LogP contribution in [0.2, 0.25) is 0 Å². The number of rotatable bonds is 3. The van der Waals surface area contributed by atoms with Gasteiger partial charge in [-0.2, -0.15) is 0 Å². The van der Waals surface area contributed by atoms with Crippen molar-refractivity contribution in [3.63, 3.8) is 0 Å². The average Bonchev–Trinajstić information content (AvgIpc) is 2.02. The molecule has 3 N–H and O–H groups in total. The second kappa shape index (κ2) is 3.79. The molecular formula is C7H7O6P. The first-order valence-electron chi connectivity index (χ1n) is 3.47. The molecule has 76 valence electrons. The summed E-state index contributed by atoms with van der Waals surface area (Å²) in [4.78, 5) is 27.2. The van der Waals surface area contributed by atoms with E-state index >= 15 is 0 Å². The topological polar surface area (TPSA) is 104 Å². The van der Waals surface area contributed by atoms with E-state index < -0.39 is 13.8 Å². The lowest BCUT2D eigenvalue weighted by atomic mass is 10.2. The Kier molecular flexibility index (Phi) is 2.90. The zero-order chi connectivity index (χ0) is 10.8. The van der Waals surface area contributed by atoms with Crippen LogP contribution in [-0.2, 0) is 4.57 Å². The van der Waals surface area contributed by atoms with E-state index in [1.807, 2.05) is 0 Å². The van der Waals surface area contributed by atoms with E-state index in [0.29, 0.717) is 0 Å². The SMILES string of the molecule is O=C(O)c1ccc(OP(=O)(O)O)cc1. The maximum Gasteiger partial charge on any atom is 0.524 e. The second-order valence-corrected chi connectivity index (χ2v) is 3.58. The minimum atomic E-state index is -4.57. The minimum absolute atomic E-state index is 0.0167. The van der Waals surface area contributed by atoms with Gasteiger partial charge in [-0.15, -0.1) is 0 Å². The van der Waals surface area contributed by atoms with Crippen molar-refractivity contribution in [3.8, 4) is 5.75 Å². The van der Waals surface area contributed by atoms with Crippen molar-refractivity contribution in [2.24, 2.45) is 0 Å². The molecule has 6 nitrogen and oxygen atoms in total. The predicted octanol–water partition coefficient (Wildman–Crippen LogP) is 0.856. The minimum Gasteiger partial charge on any atom is -0.478 e. The molecule has 0 aliphatic carbocycles. The molecule has 14 heavy (non-hydrogen) atoms. The lowest BCUT2D eigenvalue weighted by molar-refractivity contribution is 0.0697. The van der Waals surface area contributed by atoms with E-state index in [1.54, 1.807) is 0 Å². The first-order valence-corrected chi connectivity index (χ1v) is 5.00. The third-order valence-electron chi connectivity index (χ3n) is 1.33. The largest absolute Gasteiger partial charge is 0.524 e. The summed E-state index contributed by atoms with van der Waals surface area (Å²) in [6.45, 7) is 0. The van der Waals surface area contributed by atoms with Crippen LogP contribution < -0.4 is 4.52 Å². The lowest BCUT2D eigenvalue weighted by Gasteiger charge is -2.05. The maximum absolute atomic E-state index is 10.4. The molecule has 0 saturated heterocycles. The smallest absolute Gasteiger partial charge is 0.478 e. The van der Waals surface area contributed by atoms with Crippen LogP contribution in [0, 0.1) is 0 Å². The van der Waals surface area contributed by atoms with Gasteiger partial charge in [0.2, 0.25) is 0 Å². The average molecular weight is 218 g/mol. The van der Waals surface area contributed by atoms with Gasteiger partial charge >= 0.3 is 13.8 Å². The highest BCUT2D eigenvalue weighted by molar-refractivity contribution is 7.46. The molecule has 0 aromatic heterocycles. The zero-order valence-corrected chi connectivity index (χ0v) is 7.72. The number of phosphoric ester groups is 1. The van der Waals surface area contributed by atoms with Gasteiger partial charge < -0.3 is 9.63 Å². The van der Waals surface area contributed by atoms with Crippen LogP contribution in [0.25, 0.3) is 0 Å². The summed E-state index contributed by atoms with van der Waals surface area (Å²) in [7, 11) is -4.57. The summed E-state index contributed by atoms with van der Waals surface area (Å²) in [5, 5.41) is 8.51. The molecular weight excluding hydrogens is 211 g/mol. The van der Waals surface area contributed by atoms with Gasteiger partial charge in [0.15, 0.2) is 0 Å². The van der Waals surface area contributed by atoms with E-state index in [4.69, 9.17) is 14.9 Å². The van der Waals surface area contributed by atoms with Gasteiger partial charge in [-0.1, -0.05) is 0 Å². The van der Waals surface area contributed by atoms with Gasteiger partial charge in [0, 0.05) is 0 Å². The van der Waals surface area contributed by atoms with Crippen LogP contribution in [0.4, 0.5) is 0 Å². The van der Waals surface area contributed by atoms with Crippen molar-refractivity contribution < 1.29 is 28.8 Å². The molecule has 0 bridgehead atoms. The highest BCUT2D eigenvalue weighted by Gasteiger charge is 2.15. The molecule has 0 amide bonds. The molecule has 0 unspecified atom stereocenters. The zero-order valence-electron chi connectivity index (χ0n) is 6.82. The number of hydrogen-bond donors (Lipinski definition) is 3. The van der Waals surface area contributed by atoms with E-state index in [1.165, 1.54) is 24.3 Å². The van der Waals surface area contributed by atoms with Crippen LogP contribution in [0.15, 0.2) is 24.3 Å². The quantitative estimate of drug-likeness (QED) is 0.650. The normalized spacial score (nSPS) is 11.0. The van der Waals surface area contributed by atoms with Crippen molar-refractivity contribution in [1.29, 1.82) is 0 Å². The summed E-state index contributed by atoms with van der Waals surface area (Å²) < 4.78 is 14.6. The van der Waals surface area contributed by atoms with Crippen molar-refractivity contribution in [2.45, 2.75) is 0 Å². The van der Waals surface area contributed by atoms with Crippen molar-refractivity contribution in [2.75, 3.05) is 0 Å². The first-order chi connectivity index (χ1) is 6.38. The lowest BCUT2D eigenvalue weighted by Crippen LogP contribution is -1.96. The molecule has 0 saturated carbocycles. The molecule has 0 aliphatic rings. The van der Waals surface area contributed by atoms with E-state index in [2.05, 4.69) is 4.52 Å². The standard InChI is InChI=1S/C7H7O6P/c8-7(9)5-1-3-6(4-2-5)13-14(10,11)12/h1-4H,(H,8,9)(H2,10,11,12). The van der Waals surface area contributed by atoms with Crippen molar-refractivity contribution in [3.05, 3.63) is 29.8 Å². The van der Waals surface area contributed by atoms with Gasteiger partial charge in [0.05, 0.1) is 5.56 Å². The molecule has 0 heterocycles. The summed E-state index contributed by atoms with van der Waals surface area (Å²) in [5.41, 5.74) is 0.0167. The van der Waals surface area contributed by atoms with Gasteiger partial charge in [-0.3, -0.25) is 9.79 Å². The molecule has 0 spiro atoms. The van der Waals surface area contributed by atoms with Crippen molar-refractivity contribution in [1.82, 2.24) is 0 Å². The van der Waals surface area contributed by atoms with Crippen LogP contribution in [0.3, 0.4) is 0 Å². The predicted molar refractivity (Wildman–Crippen MR) is 46.1 cm³/mol. The molecule has 1 aromatic carbocycles. The Hall–Kier alpha value is -1.36.